The fourth-order valence-electron chi connectivity index (χ4n) is 2.73. The number of alkyl carbamates (subject to hydrolysis) is 1. The predicted octanol–water partition coefficient (Wildman–Crippen LogP) is 3.26. The summed E-state index contributed by atoms with van der Waals surface area (Å²) in [7, 11) is 0. The number of nitro benzene ring substituents is 1. The molecule has 0 heterocycles. The van der Waals surface area contributed by atoms with E-state index in [0.717, 1.165) is 5.56 Å². The van der Waals surface area contributed by atoms with Crippen LogP contribution in [0.5, 0.6) is 0 Å². The molecule has 3 N–H and O–H groups in total. The predicted molar refractivity (Wildman–Crippen MR) is 118 cm³/mol. The van der Waals surface area contributed by atoms with Crippen molar-refractivity contribution < 1.29 is 19.2 Å². The minimum absolute atomic E-state index is 0.0100. The molecule has 0 saturated carbocycles. The maximum atomic E-state index is 12.7. The number of amides is 2. The van der Waals surface area contributed by atoms with Crippen LogP contribution < -0.4 is 16.0 Å². The first-order valence-electron chi connectivity index (χ1n) is 9.93. The second-order valence-corrected chi connectivity index (χ2v) is 7.91. The molecule has 0 aromatic heterocycles. The highest BCUT2D eigenvalue weighted by Crippen LogP contribution is 2.15. The molecule has 2 rings (SSSR count). The van der Waals surface area contributed by atoms with Crippen LogP contribution in [0.1, 0.15) is 26.3 Å². The van der Waals surface area contributed by atoms with Crippen LogP contribution in [0.2, 0.25) is 0 Å². The highest BCUT2D eigenvalue weighted by Gasteiger charge is 2.24. The molecule has 2 aromatic rings. The van der Waals surface area contributed by atoms with Gasteiger partial charge in [0.2, 0.25) is 5.91 Å². The Labute approximate surface area is 181 Å². The molecule has 0 aliphatic carbocycles. The highest BCUT2D eigenvalue weighted by molar-refractivity contribution is 5.86. The second-order valence-electron chi connectivity index (χ2n) is 7.91. The number of nitrogens with zero attached hydrogens (tertiary/aromatic N) is 1. The number of nitrogens with one attached hydrogen (secondary N) is 3. The van der Waals surface area contributed by atoms with Crippen LogP contribution in [-0.2, 0) is 16.0 Å². The second kappa shape index (κ2) is 11.0. The van der Waals surface area contributed by atoms with Crippen LogP contribution in [0.15, 0.2) is 54.6 Å². The number of benzene rings is 2. The summed E-state index contributed by atoms with van der Waals surface area (Å²) in [4.78, 5) is 35.1. The van der Waals surface area contributed by atoms with Gasteiger partial charge in [-0.15, -0.1) is 0 Å². The van der Waals surface area contributed by atoms with Crippen molar-refractivity contribution in [3.8, 4) is 0 Å². The molecular weight excluding hydrogens is 400 g/mol. The van der Waals surface area contributed by atoms with E-state index >= 15 is 0 Å². The molecule has 0 bridgehead atoms. The summed E-state index contributed by atoms with van der Waals surface area (Å²) in [5, 5.41) is 19.2. The van der Waals surface area contributed by atoms with Gasteiger partial charge >= 0.3 is 6.09 Å². The quantitative estimate of drug-likeness (QED) is 0.320. The third-order valence-electron chi connectivity index (χ3n) is 4.12. The van der Waals surface area contributed by atoms with Crippen LogP contribution in [0.4, 0.5) is 16.2 Å². The Hall–Kier alpha value is -3.62. The number of hydrogen-bond donors (Lipinski definition) is 3. The summed E-state index contributed by atoms with van der Waals surface area (Å²) in [6.45, 7) is 5.97. The van der Waals surface area contributed by atoms with Gasteiger partial charge in [-0.3, -0.25) is 14.9 Å². The Bertz CT molecular complexity index is 879. The summed E-state index contributed by atoms with van der Waals surface area (Å²) in [6.07, 6.45) is -0.339. The number of nitro groups is 1. The average molecular weight is 428 g/mol. The van der Waals surface area contributed by atoms with E-state index in [4.69, 9.17) is 4.74 Å². The smallest absolute Gasteiger partial charge is 0.408 e. The Morgan fingerprint density at radius 3 is 2.26 bits per heavy atom. The highest BCUT2D eigenvalue weighted by atomic mass is 16.6. The summed E-state index contributed by atoms with van der Waals surface area (Å²) < 4.78 is 5.28. The molecule has 0 spiro atoms. The first-order chi connectivity index (χ1) is 14.6. The van der Waals surface area contributed by atoms with Crippen molar-refractivity contribution in [1.29, 1.82) is 0 Å². The summed E-state index contributed by atoms with van der Waals surface area (Å²) in [5.41, 5.74) is 0.943. The zero-order valence-electron chi connectivity index (χ0n) is 17.9. The van der Waals surface area contributed by atoms with Crippen molar-refractivity contribution >= 4 is 23.4 Å². The van der Waals surface area contributed by atoms with Crippen molar-refractivity contribution in [3.05, 3.63) is 70.3 Å². The number of rotatable bonds is 9. The number of non-ortho nitro benzene ring substituents is 1. The van der Waals surface area contributed by atoms with Crippen LogP contribution in [0.3, 0.4) is 0 Å². The lowest BCUT2D eigenvalue weighted by atomic mass is 10.1. The van der Waals surface area contributed by atoms with Gasteiger partial charge in [-0.1, -0.05) is 30.3 Å². The van der Waals surface area contributed by atoms with Gasteiger partial charge in [0, 0.05) is 37.3 Å². The monoisotopic (exact) mass is 428 g/mol. The van der Waals surface area contributed by atoms with E-state index < -0.39 is 22.7 Å². The molecule has 2 aromatic carbocycles. The minimum atomic E-state index is -0.795. The van der Waals surface area contributed by atoms with Gasteiger partial charge in [-0.25, -0.2) is 4.79 Å². The molecule has 0 aliphatic rings. The molecule has 1 atom stereocenters. The van der Waals surface area contributed by atoms with E-state index in [1.165, 1.54) is 12.1 Å². The van der Waals surface area contributed by atoms with Gasteiger partial charge in [-0.05, 0) is 38.5 Å². The fraction of sp³-hybridized carbons (Fsp3) is 0.364. The van der Waals surface area contributed by atoms with Crippen molar-refractivity contribution in [3.63, 3.8) is 0 Å². The number of hydrogen-bond acceptors (Lipinski definition) is 6. The van der Waals surface area contributed by atoms with Crippen LogP contribution in [0, 0.1) is 10.1 Å². The van der Waals surface area contributed by atoms with Crippen LogP contribution >= 0.6 is 0 Å². The number of ether oxygens (including phenoxy) is 1. The van der Waals surface area contributed by atoms with Gasteiger partial charge in [-0.2, -0.15) is 0 Å². The van der Waals surface area contributed by atoms with E-state index in [2.05, 4.69) is 16.0 Å². The van der Waals surface area contributed by atoms with E-state index in [0.29, 0.717) is 25.2 Å². The van der Waals surface area contributed by atoms with Gasteiger partial charge < -0.3 is 20.7 Å². The molecule has 9 heteroatoms. The first kappa shape index (κ1) is 23.7. The normalized spacial score (nSPS) is 11.8. The van der Waals surface area contributed by atoms with E-state index in [1.807, 2.05) is 30.3 Å². The van der Waals surface area contributed by atoms with Crippen molar-refractivity contribution in [2.75, 3.05) is 18.4 Å². The molecule has 9 nitrogen and oxygen atoms in total. The molecule has 31 heavy (non-hydrogen) atoms. The minimum Gasteiger partial charge on any atom is -0.444 e. The SMILES string of the molecule is CC(C)(C)OC(=O)NC(Cc1ccccc1)C(=O)NCCNc1ccc([N+](=O)[O-])cc1. The lowest BCUT2D eigenvalue weighted by molar-refractivity contribution is -0.384. The topological polar surface area (TPSA) is 123 Å². The number of carbonyl (C=O) groups excluding carboxylic acids is 2. The maximum Gasteiger partial charge on any atom is 0.408 e. The lowest BCUT2D eigenvalue weighted by Crippen LogP contribution is -2.50. The summed E-state index contributed by atoms with van der Waals surface area (Å²) in [6, 6.07) is 14.6. The average Bonchev–Trinajstić information content (AvgIpc) is 2.70. The summed E-state index contributed by atoms with van der Waals surface area (Å²) in [5.74, 6) is -0.333. The molecule has 0 radical (unpaired) electrons. The largest absolute Gasteiger partial charge is 0.444 e. The lowest BCUT2D eigenvalue weighted by Gasteiger charge is -2.23. The first-order valence-corrected chi connectivity index (χ1v) is 9.93. The standard InChI is InChI=1S/C22H28N4O5/c1-22(2,3)31-21(28)25-19(15-16-7-5-4-6-8-16)20(27)24-14-13-23-17-9-11-18(12-10-17)26(29)30/h4-12,19,23H,13-15H2,1-3H3,(H,24,27)(H,25,28). The van der Waals surface area contributed by atoms with Crippen LogP contribution in [0.25, 0.3) is 0 Å². The molecule has 0 aliphatic heterocycles. The zero-order chi connectivity index (χ0) is 22.9. The Kier molecular flexibility index (Phi) is 8.36. The van der Waals surface area contributed by atoms with E-state index in [-0.39, 0.29) is 11.6 Å². The number of anilines is 1. The summed E-state index contributed by atoms with van der Waals surface area (Å²) >= 11 is 0. The van der Waals surface area contributed by atoms with Gasteiger partial charge in [0.1, 0.15) is 11.6 Å². The van der Waals surface area contributed by atoms with Crippen molar-refractivity contribution in [2.45, 2.75) is 38.8 Å². The van der Waals surface area contributed by atoms with Crippen LogP contribution in [-0.4, -0.2) is 41.7 Å². The molecule has 0 fully saturated rings. The van der Waals surface area contributed by atoms with E-state index in [9.17, 15) is 19.7 Å². The molecule has 166 valence electrons. The zero-order valence-corrected chi connectivity index (χ0v) is 17.9. The molecule has 2 amide bonds. The Morgan fingerprint density at radius 2 is 1.68 bits per heavy atom. The maximum absolute atomic E-state index is 12.7. The van der Waals surface area contributed by atoms with Crippen molar-refractivity contribution in [1.82, 2.24) is 10.6 Å². The fourth-order valence-corrected chi connectivity index (χ4v) is 2.73. The number of carbonyl (C=O) groups is 2. The Morgan fingerprint density at radius 1 is 1.03 bits per heavy atom. The molecule has 1 unspecified atom stereocenters. The molecular formula is C22H28N4O5. The molecule has 0 saturated heterocycles. The van der Waals surface area contributed by atoms with Gasteiger partial charge in [0.05, 0.1) is 4.92 Å². The van der Waals surface area contributed by atoms with Crippen molar-refractivity contribution in [2.24, 2.45) is 0 Å². The third-order valence-corrected chi connectivity index (χ3v) is 4.12. The van der Waals surface area contributed by atoms with Gasteiger partial charge in [0.25, 0.3) is 5.69 Å². The van der Waals surface area contributed by atoms with Gasteiger partial charge in [0.15, 0.2) is 0 Å². The third kappa shape index (κ3) is 8.73. The van der Waals surface area contributed by atoms with E-state index in [1.54, 1.807) is 32.9 Å². The Balaban J connectivity index is 1.90.